The Balaban J connectivity index is 0.00000196. The van der Waals surface area contributed by atoms with Crippen LogP contribution in [-0.2, 0) is 0 Å². The fourth-order valence-electron chi connectivity index (χ4n) is 3.50. The summed E-state index contributed by atoms with van der Waals surface area (Å²) in [5, 5.41) is 5.55. The SMILES string of the molecule is [BH4-].c1ccc([P+](c2ccccc2)(c2ccccc2)c2ccccc2)cc1. The standard InChI is InChI=1S/C24H20P.BH4/c1-5-13-21(14-6-1)25(22-15-7-2-8-16-22,23-17-9-3-10-18-23)24-19-11-4-12-20-24;/h1-20H;1H4/q+1;-1. The Labute approximate surface area is 158 Å². The Hall–Kier alpha value is -2.63. The first kappa shape index (κ1) is 18.2. The second-order valence-corrected chi connectivity index (χ2v) is 9.42. The quantitative estimate of drug-likeness (QED) is 0.391. The van der Waals surface area contributed by atoms with Crippen LogP contribution in [0.3, 0.4) is 0 Å². The summed E-state index contributed by atoms with van der Waals surface area (Å²) >= 11 is 0. The molecule has 0 amide bonds. The molecule has 4 aromatic carbocycles. The largest absolute Gasteiger partial charge is 0.144 e. The maximum atomic E-state index is 2.28. The van der Waals surface area contributed by atoms with Crippen LogP contribution in [0.15, 0.2) is 121 Å². The molecule has 0 fully saturated rings. The maximum absolute atomic E-state index is 2.28. The summed E-state index contributed by atoms with van der Waals surface area (Å²) in [4.78, 5) is 0. The lowest BCUT2D eigenvalue weighted by atomic mass is 10.3. The Morgan fingerprint density at radius 1 is 0.308 bits per heavy atom. The Kier molecular flexibility index (Phi) is 5.71. The van der Waals surface area contributed by atoms with Crippen molar-refractivity contribution >= 4 is 36.9 Å². The summed E-state index contributed by atoms with van der Waals surface area (Å²) in [5.41, 5.74) is 0. The zero-order valence-corrected chi connectivity index (χ0v) is 14.9. The molecule has 4 rings (SSSR count). The highest BCUT2D eigenvalue weighted by atomic mass is 31.2. The number of benzene rings is 4. The topological polar surface area (TPSA) is 0 Å². The molecule has 128 valence electrons. The van der Waals surface area contributed by atoms with E-state index in [4.69, 9.17) is 0 Å². The molecule has 0 aliphatic heterocycles. The molecule has 0 saturated heterocycles. The zero-order chi connectivity index (χ0) is 17.0. The molecule has 26 heavy (non-hydrogen) atoms. The van der Waals surface area contributed by atoms with Crippen LogP contribution in [0.4, 0.5) is 0 Å². The Morgan fingerprint density at radius 2 is 0.500 bits per heavy atom. The van der Waals surface area contributed by atoms with Crippen LogP contribution in [0.25, 0.3) is 0 Å². The smallest absolute Gasteiger partial charge is 0.0626 e. The highest BCUT2D eigenvalue weighted by molar-refractivity contribution is 8.01. The normalized spacial score (nSPS) is 10.8. The minimum absolute atomic E-state index is 0. The summed E-state index contributed by atoms with van der Waals surface area (Å²) in [6.07, 6.45) is 0. The van der Waals surface area contributed by atoms with Gasteiger partial charge in [-0.1, -0.05) is 81.2 Å². The molecule has 0 heterocycles. The molecular formula is C24H24BP. The van der Waals surface area contributed by atoms with Crippen LogP contribution >= 0.6 is 7.26 Å². The van der Waals surface area contributed by atoms with Gasteiger partial charge in [-0.15, -0.1) is 0 Å². The first-order valence-electron chi connectivity index (χ1n) is 8.54. The van der Waals surface area contributed by atoms with Crippen molar-refractivity contribution in [2.45, 2.75) is 0 Å². The summed E-state index contributed by atoms with van der Waals surface area (Å²) < 4.78 is 0. The molecule has 0 nitrogen and oxygen atoms in total. The molecule has 2 heteroatoms. The fraction of sp³-hybridized carbons (Fsp3) is 0. The first-order valence-corrected chi connectivity index (χ1v) is 10.3. The number of hydrogen-bond donors (Lipinski definition) is 0. The van der Waals surface area contributed by atoms with Crippen LogP contribution < -0.4 is 21.2 Å². The van der Waals surface area contributed by atoms with Crippen LogP contribution in [0.1, 0.15) is 0 Å². The third-order valence-electron chi connectivity index (χ3n) is 4.57. The van der Waals surface area contributed by atoms with Gasteiger partial charge in [-0.2, -0.15) is 0 Å². The molecule has 0 atom stereocenters. The molecule has 0 unspecified atom stereocenters. The lowest BCUT2D eigenvalue weighted by Crippen LogP contribution is -2.38. The van der Waals surface area contributed by atoms with Gasteiger partial charge in [0.2, 0.25) is 0 Å². The van der Waals surface area contributed by atoms with Crippen molar-refractivity contribution in [2.75, 3.05) is 0 Å². The highest BCUT2D eigenvalue weighted by Crippen LogP contribution is 2.53. The molecule has 0 bridgehead atoms. The van der Waals surface area contributed by atoms with Gasteiger partial charge in [-0.3, -0.25) is 0 Å². The van der Waals surface area contributed by atoms with Gasteiger partial charge in [-0.25, -0.2) is 0 Å². The summed E-state index contributed by atoms with van der Waals surface area (Å²) in [6.45, 7) is 0. The average molecular weight is 354 g/mol. The Morgan fingerprint density at radius 3 is 0.692 bits per heavy atom. The molecule has 0 N–H and O–H groups in total. The molecule has 0 saturated carbocycles. The lowest BCUT2D eigenvalue weighted by Gasteiger charge is -2.27. The predicted octanol–water partition coefficient (Wildman–Crippen LogP) is 2.85. The van der Waals surface area contributed by atoms with E-state index in [1.807, 2.05) is 0 Å². The van der Waals surface area contributed by atoms with Gasteiger partial charge in [0.25, 0.3) is 0 Å². The van der Waals surface area contributed by atoms with Gasteiger partial charge in [0.05, 0.1) is 0 Å². The van der Waals surface area contributed by atoms with Crippen molar-refractivity contribution in [3.8, 4) is 0 Å². The van der Waals surface area contributed by atoms with E-state index in [0.717, 1.165) is 0 Å². The Bertz CT molecular complexity index is 759. The second kappa shape index (κ2) is 8.17. The fourth-order valence-corrected chi connectivity index (χ4v) is 7.77. The van der Waals surface area contributed by atoms with E-state index in [9.17, 15) is 0 Å². The van der Waals surface area contributed by atoms with Crippen molar-refractivity contribution in [3.63, 3.8) is 0 Å². The minimum Gasteiger partial charge on any atom is -0.0626 e. The lowest BCUT2D eigenvalue weighted by molar-refractivity contribution is 1.71. The van der Waals surface area contributed by atoms with E-state index < -0.39 is 7.26 Å². The van der Waals surface area contributed by atoms with Gasteiger partial charge in [0.1, 0.15) is 28.5 Å². The number of hydrogen-bond acceptors (Lipinski definition) is 0. The van der Waals surface area contributed by atoms with Gasteiger partial charge >= 0.3 is 0 Å². The van der Waals surface area contributed by atoms with Crippen molar-refractivity contribution in [1.29, 1.82) is 0 Å². The van der Waals surface area contributed by atoms with Gasteiger partial charge in [0.15, 0.2) is 0 Å². The molecule has 0 aliphatic rings. The second-order valence-electron chi connectivity index (χ2n) is 6.01. The molecule has 0 spiro atoms. The summed E-state index contributed by atoms with van der Waals surface area (Å²) in [6, 6.07) is 43.8. The highest BCUT2D eigenvalue weighted by Gasteiger charge is 2.47. The minimum atomic E-state index is -1.91. The predicted molar refractivity (Wildman–Crippen MR) is 123 cm³/mol. The molecule has 0 aliphatic carbocycles. The van der Waals surface area contributed by atoms with E-state index >= 15 is 0 Å². The van der Waals surface area contributed by atoms with E-state index in [1.165, 1.54) is 21.2 Å². The third-order valence-corrected chi connectivity index (χ3v) is 8.86. The van der Waals surface area contributed by atoms with Crippen LogP contribution in [0, 0.1) is 0 Å². The van der Waals surface area contributed by atoms with Gasteiger partial charge < -0.3 is 0 Å². The number of rotatable bonds is 4. The van der Waals surface area contributed by atoms with Gasteiger partial charge in [0, 0.05) is 0 Å². The summed E-state index contributed by atoms with van der Waals surface area (Å²) in [7, 11) is -1.91. The van der Waals surface area contributed by atoms with Crippen molar-refractivity contribution in [3.05, 3.63) is 121 Å². The summed E-state index contributed by atoms with van der Waals surface area (Å²) in [5.74, 6) is 0. The van der Waals surface area contributed by atoms with E-state index in [-0.39, 0.29) is 8.41 Å². The molecule has 0 aromatic heterocycles. The van der Waals surface area contributed by atoms with Crippen molar-refractivity contribution in [1.82, 2.24) is 0 Å². The van der Waals surface area contributed by atoms with Crippen LogP contribution in [0.5, 0.6) is 0 Å². The van der Waals surface area contributed by atoms with Crippen molar-refractivity contribution < 1.29 is 0 Å². The molecule has 4 aromatic rings. The average Bonchev–Trinajstić information content (AvgIpc) is 2.72. The maximum Gasteiger partial charge on any atom is 0.144 e. The van der Waals surface area contributed by atoms with Gasteiger partial charge in [-0.05, 0) is 48.5 Å². The first-order chi connectivity index (χ1) is 12.4. The monoisotopic (exact) mass is 354 g/mol. The van der Waals surface area contributed by atoms with Crippen LogP contribution in [-0.4, -0.2) is 8.41 Å². The van der Waals surface area contributed by atoms with E-state index in [0.29, 0.717) is 0 Å². The van der Waals surface area contributed by atoms with E-state index in [1.54, 1.807) is 0 Å². The molecular weight excluding hydrogens is 330 g/mol. The molecule has 0 radical (unpaired) electrons. The van der Waals surface area contributed by atoms with E-state index in [2.05, 4.69) is 121 Å². The van der Waals surface area contributed by atoms with Crippen LogP contribution in [0.2, 0.25) is 0 Å². The van der Waals surface area contributed by atoms with Crippen molar-refractivity contribution in [2.24, 2.45) is 0 Å². The zero-order valence-electron chi connectivity index (χ0n) is 14.0. The third kappa shape index (κ3) is 3.11.